The summed E-state index contributed by atoms with van der Waals surface area (Å²) in [6.45, 7) is 6.20. The van der Waals surface area contributed by atoms with Crippen LogP contribution >= 0.6 is 0 Å². The van der Waals surface area contributed by atoms with Crippen LogP contribution in [-0.2, 0) is 6.54 Å². The van der Waals surface area contributed by atoms with E-state index in [1.54, 1.807) is 0 Å². The Hall–Kier alpha value is -1.00. The molecule has 19 heavy (non-hydrogen) atoms. The molecule has 0 radical (unpaired) electrons. The zero-order valence-corrected chi connectivity index (χ0v) is 11.5. The second-order valence-corrected chi connectivity index (χ2v) is 5.24. The molecule has 0 bridgehead atoms. The number of benzene rings is 1. The first-order chi connectivity index (χ1) is 9.20. The van der Waals surface area contributed by atoms with Crippen LogP contribution in [0.4, 0.5) is 8.78 Å². The van der Waals surface area contributed by atoms with Gasteiger partial charge in [0.2, 0.25) is 0 Å². The first-order valence-electron chi connectivity index (χ1n) is 7.06. The maximum atomic E-state index is 13.6. The van der Waals surface area contributed by atoms with Gasteiger partial charge in [0.15, 0.2) is 0 Å². The van der Waals surface area contributed by atoms with Crippen LogP contribution in [0.2, 0.25) is 0 Å². The Kier molecular flexibility index (Phi) is 5.28. The van der Waals surface area contributed by atoms with E-state index in [2.05, 4.69) is 10.2 Å². The molecule has 1 N–H and O–H groups in total. The number of piperidine rings is 1. The number of hydrogen-bond acceptors (Lipinski definition) is 2. The predicted molar refractivity (Wildman–Crippen MR) is 72.9 cm³/mol. The molecule has 0 spiro atoms. The van der Waals surface area contributed by atoms with Gasteiger partial charge in [-0.15, -0.1) is 0 Å². The van der Waals surface area contributed by atoms with Crippen molar-refractivity contribution in [3.05, 3.63) is 35.4 Å². The van der Waals surface area contributed by atoms with Gasteiger partial charge in [0.1, 0.15) is 11.6 Å². The molecule has 0 amide bonds. The number of nitrogens with one attached hydrogen (secondary N) is 1. The van der Waals surface area contributed by atoms with Crippen LogP contribution in [0, 0.1) is 17.6 Å². The fourth-order valence-electron chi connectivity index (χ4n) is 2.66. The van der Waals surface area contributed by atoms with Crippen molar-refractivity contribution in [3.8, 4) is 0 Å². The molecule has 0 aromatic heterocycles. The Balaban J connectivity index is 1.98. The highest BCUT2D eigenvalue weighted by atomic mass is 19.1. The summed E-state index contributed by atoms with van der Waals surface area (Å²) in [5.74, 6) is -0.302. The van der Waals surface area contributed by atoms with E-state index in [-0.39, 0.29) is 5.56 Å². The van der Waals surface area contributed by atoms with Crippen LogP contribution in [0.1, 0.15) is 25.3 Å². The van der Waals surface area contributed by atoms with Crippen LogP contribution in [-0.4, -0.2) is 31.1 Å². The van der Waals surface area contributed by atoms with E-state index in [1.807, 2.05) is 6.92 Å². The van der Waals surface area contributed by atoms with E-state index in [4.69, 9.17) is 0 Å². The molecule has 0 aliphatic carbocycles. The van der Waals surface area contributed by atoms with Gasteiger partial charge in [-0.1, -0.05) is 13.0 Å². The summed E-state index contributed by atoms with van der Waals surface area (Å²) in [7, 11) is 0. The molecule has 2 nitrogen and oxygen atoms in total. The van der Waals surface area contributed by atoms with Crippen LogP contribution in [0.15, 0.2) is 18.2 Å². The summed E-state index contributed by atoms with van der Waals surface area (Å²) in [6.07, 6.45) is 2.39. The van der Waals surface area contributed by atoms with Crippen molar-refractivity contribution >= 4 is 0 Å². The summed E-state index contributed by atoms with van der Waals surface area (Å²) in [4.78, 5) is 2.12. The number of hydrogen-bond donors (Lipinski definition) is 1. The zero-order chi connectivity index (χ0) is 13.7. The Morgan fingerprint density at radius 3 is 2.63 bits per heavy atom. The number of nitrogens with zero attached hydrogens (tertiary/aromatic N) is 1. The Labute approximate surface area is 113 Å². The maximum absolute atomic E-state index is 13.6. The van der Waals surface area contributed by atoms with Gasteiger partial charge in [0.05, 0.1) is 0 Å². The molecule has 106 valence electrons. The lowest BCUT2D eigenvalue weighted by molar-refractivity contribution is 0.205. The lowest BCUT2D eigenvalue weighted by Gasteiger charge is -2.29. The summed E-state index contributed by atoms with van der Waals surface area (Å²) in [5.41, 5.74) is 0.188. The zero-order valence-electron chi connectivity index (χ0n) is 11.5. The van der Waals surface area contributed by atoms with Gasteiger partial charge >= 0.3 is 0 Å². The van der Waals surface area contributed by atoms with Crippen molar-refractivity contribution in [1.82, 2.24) is 10.2 Å². The third kappa shape index (κ3) is 3.98. The number of rotatable bonds is 5. The molecule has 1 aliphatic rings. The highest BCUT2D eigenvalue weighted by Crippen LogP contribution is 2.17. The van der Waals surface area contributed by atoms with Crippen molar-refractivity contribution in [2.45, 2.75) is 26.3 Å². The lowest BCUT2D eigenvalue weighted by Crippen LogP contribution is -2.38. The number of halogens is 2. The van der Waals surface area contributed by atoms with Gasteiger partial charge in [0.25, 0.3) is 0 Å². The summed E-state index contributed by atoms with van der Waals surface area (Å²) < 4.78 is 27.3. The SMILES string of the molecule is CCN(Cc1c(F)cccc1F)CC1CCCNC1. The molecule has 1 unspecified atom stereocenters. The van der Waals surface area contributed by atoms with E-state index >= 15 is 0 Å². The maximum Gasteiger partial charge on any atom is 0.130 e. The monoisotopic (exact) mass is 268 g/mol. The van der Waals surface area contributed by atoms with E-state index in [9.17, 15) is 8.78 Å². The Morgan fingerprint density at radius 2 is 2.05 bits per heavy atom. The van der Waals surface area contributed by atoms with Gasteiger partial charge in [-0.25, -0.2) is 8.78 Å². The van der Waals surface area contributed by atoms with E-state index < -0.39 is 11.6 Å². The van der Waals surface area contributed by atoms with Gasteiger partial charge in [-0.2, -0.15) is 0 Å². The first kappa shape index (κ1) is 14.4. The predicted octanol–water partition coefficient (Wildman–Crippen LogP) is 2.79. The molecule has 1 heterocycles. The van der Waals surface area contributed by atoms with E-state index in [1.165, 1.54) is 31.0 Å². The van der Waals surface area contributed by atoms with Crippen LogP contribution in [0.25, 0.3) is 0 Å². The van der Waals surface area contributed by atoms with Gasteiger partial charge in [-0.3, -0.25) is 4.90 Å². The molecule has 1 saturated heterocycles. The minimum absolute atomic E-state index is 0.188. The smallest absolute Gasteiger partial charge is 0.130 e. The third-order valence-electron chi connectivity index (χ3n) is 3.81. The molecule has 1 aromatic carbocycles. The highest BCUT2D eigenvalue weighted by Gasteiger charge is 2.18. The fraction of sp³-hybridized carbons (Fsp3) is 0.600. The van der Waals surface area contributed by atoms with Gasteiger partial charge < -0.3 is 5.32 Å². The summed E-state index contributed by atoms with van der Waals surface area (Å²) in [5, 5.41) is 3.38. The van der Waals surface area contributed by atoms with Crippen molar-refractivity contribution < 1.29 is 8.78 Å². The second kappa shape index (κ2) is 6.96. The highest BCUT2D eigenvalue weighted by molar-refractivity contribution is 5.19. The van der Waals surface area contributed by atoms with Gasteiger partial charge in [-0.05, 0) is 50.5 Å². The summed E-state index contributed by atoms with van der Waals surface area (Å²) >= 11 is 0. The van der Waals surface area contributed by atoms with Crippen LogP contribution < -0.4 is 5.32 Å². The van der Waals surface area contributed by atoms with Gasteiger partial charge in [0, 0.05) is 18.7 Å². The van der Waals surface area contributed by atoms with Crippen LogP contribution in [0.3, 0.4) is 0 Å². The lowest BCUT2D eigenvalue weighted by atomic mass is 9.99. The van der Waals surface area contributed by atoms with E-state index in [0.29, 0.717) is 12.5 Å². The Bertz CT molecular complexity index is 383. The minimum atomic E-state index is -0.444. The standard InChI is InChI=1S/C15H22F2N2/c1-2-19(10-12-5-4-8-18-9-12)11-13-14(16)6-3-7-15(13)17/h3,6-7,12,18H,2,4-5,8-11H2,1H3. The average Bonchev–Trinajstić information content (AvgIpc) is 2.43. The molecular weight excluding hydrogens is 246 g/mol. The van der Waals surface area contributed by atoms with E-state index in [0.717, 1.165) is 26.2 Å². The third-order valence-corrected chi connectivity index (χ3v) is 3.81. The molecular formula is C15H22F2N2. The molecule has 2 rings (SSSR count). The molecule has 1 fully saturated rings. The second-order valence-electron chi connectivity index (χ2n) is 5.24. The van der Waals surface area contributed by atoms with Crippen LogP contribution in [0.5, 0.6) is 0 Å². The summed E-state index contributed by atoms with van der Waals surface area (Å²) in [6, 6.07) is 4.07. The van der Waals surface area contributed by atoms with Crippen molar-refractivity contribution in [1.29, 1.82) is 0 Å². The fourth-order valence-corrected chi connectivity index (χ4v) is 2.66. The van der Waals surface area contributed by atoms with Crippen molar-refractivity contribution in [2.75, 3.05) is 26.2 Å². The van der Waals surface area contributed by atoms with Crippen molar-refractivity contribution in [3.63, 3.8) is 0 Å². The minimum Gasteiger partial charge on any atom is -0.316 e. The first-order valence-corrected chi connectivity index (χ1v) is 7.06. The Morgan fingerprint density at radius 1 is 1.32 bits per heavy atom. The molecule has 0 saturated carbocycles. The quantitative estimate of drug-likeness (QED) is 0.883. The molecule has 1 atom stereocenters. The van der Waals surface area contributed by atoms with Crippen molar-refractivity contribution in [2.24, 2.45) is 5.92 Å². The molecule has 1 aromatic rings. The molecule has 4 heteroatoms. The molecule has 1 aliphatic heterocycles. The normalized spacial score (nSPS) is 19.9. The average molecular weight is 268 g/mol. The largest absolute Gasteiger partial charge is 0.316 e. The topological polar surface area (TPSA) is 15.3 Å².